The predicted molar refractivity (Wildman–Crippen MR) is 92.4 cm³/mol. The molecule has 1 atom stereocenters. The van der Waals surface area contributed by atoms with Crippen LogP contribution in [0.25, 0.3) is 0 Å². The Labute approximate surface area is 142 Å². The molecule has 1 aliphatic rings. The average Bonchev–Trinajstić information content (AvgIpc) is 2.97. The fourth-order valence-corrected chi connectivity index (χ4v) is 3.10. The smallest absolute Gasteiger partial charge is 0.244 e. The normalized spacial score (nSPS) is 17.2. The zero-order valence-electron chi connectivity index (χ0n) is 14.5. The Morgan fingerprint density at radius 1 is 1.29 bits per heavy atom. The van der Waals surface area contributed by atoms with Gasteiger partial charge in [-0.05, 0) is 17.5 Å². The molecule has 5 heteroatoms. The van der Waals surface area contributed by atoms with Crippen LogP contribution in [0, 0.1) is 11.3 Å². The molecule has 1 aromatic carbocycles. The third-order valence-corrected chi connectivity index (χ3v) is 4.41. The van der Waals surface area contributed by atoms with Gasteiger partial charge in [-0.3, -0.25) is 5.10 Å². The topological polar surface area (TPSA) is 87.7 Å². The summed E-state index contributed by atoms with van der Waals surface area (Å²) in [4.78, 5) is 0. The summed E-state index contributed by atoms with van der Waals surface area (Å²) in [6.45, 7) is 8.43. The second-order valence-corrected chi connectivity index (χ2v) is 7.09. The summed E-state index contributed by atoms with van der Waals surface area (Å²) in [5, 5.41) is 17.0. The van der Waals surface area contributed by atoms with Gasteiger partial charge >= 0.3 is 0 Å². The van der Waals surface area contributed by atoms with Gasteiger partial charge in [-0.15, -0.1) is 5.10 Å². The van der Waals surface area contributed by atoms with Crippen LogP contribution in [0.15, 0.2) is 35.7 Å². The van der Waals surface area contributed by atoms with Crippen LogP contribution in [-0.4, -0.2) is 10.2 Å². The van der Waals surface area contributed by atoms with Gasteiger partial charge in [0.1, 0.15) is 11.6 Å². The van der Waals surface area contributed by atoms with Gasteiger partial charge in [0.05, 0.1) is 11.5 Å². The molecule has 0 amide bonds. The van der Waals surface area contributed by atoms with E-state index in [4.69, 9.17) is 10.5 Å². The molecule has 0 saturated heterocycles. The fraction of sp³-hybridized carbons (Fsp3) is 0.368. The number of aryl methyl sites for hydroxylation is 1. The van der Waals surface area contributed by atoms with Crippen molar-refractivity contribution in [2.75, 3.05) is 0 Å². The average molecular weight is 322 g/mol. The van der Waals surface area contributed by atoms with Gasteiger partial charge in [0.15, 0.2) is 0 Å². The highest BCUT2D eigenvalue weighted by molar-refractivity contribution is 5.56. The molecule has 0 unspecified atom stereocenters. The fourth-order valence-electron chi connectivity index (χ4n) is 3.10. The van der Waals surface area contributed by atoms with E-state index in [0.717, 1.165) is 23.2 Å². The standard InChI is InChI=1S/C19H22N4O/c1-5-11-6-8-12(9-7-11)14-13(10-20)17(21)24-18-15(14)16(22-23-18)19(2,3)4/h6-9,14H,5,21H2,1-4H3,(H,22,23)/t14-/m0/s1. The Bertz CT molecular complexity index is 832. The number of nitrogens with two attached hydrogens (primary N) is 1. The quantitative estimate of drug-likeness (QED) is 0.886. The molecule has 0 bridgehead atoms. The molecule has 3 N–H and O–H groups in total. The minimum Gasteiger partial charge on any atom is -0.420 e. The van der Waals surface area contributed by atoms with Crippen molar-refractivity contribution >= 4 is 0 Å². The molecule has 3 rings (SSSR count). The van der Waals surface area contributed by atoms with Gasteiger partial charge in [0.2, 0.25) is 11.8 Å². The minimum absolute atomic E-state index is 0.126. The SMILES string of the molecule is CCc1ccc([C@H]2C(C#N)=C(N)Oc3n[nH]c(C(C)(C)C)c32)cc1. The number of aromatic nitrogens is 2. The molecule has 5 nitrogen and oxygen atoms in total. The van der Waals surface area contributed by atoms with E-state index in [2.05, 4.69) is 68.2 Å². The number of H-pyrrole nitrogens is 1. The molecule has 2 aromatic rings. The number of ether oxygens (including phenoxy) is 1. The maximum absolute atomic E-state index is 9.65. The third kappa shape index (κ3) is 2.54. The number of hydrogen-bond donors (Lipinski definition) is 2. The number of aromatic amines is 1. The van der Waals surface area contributed by atoms with E-state index in [9.17, 15) is 5.26 Å². The largest absolute Gasteiger partial charge is 0.420 e. The Morgan fingerprint density at radius 3 is 2.50 bits per heavy atom. The summed E-state index contributed by atoms with van der Waals surface area (Å²) in [7, 11) is 0. The van der Waals surface area contributed by atoms with Crippen LogP contribution in [-0.2, 0) is 11.8 Å². The number of nitrogens with zero attached hydrogens (tertiary/aromatic N) is 2. The van der Waals surface area contributed by atoms with E-state index in [1.54, 1.807) is 0 Å². The van der Waals surface area contributed by atoms with Crippen molar-refractivity contribution in [2.24, 2.45) is 5.73 Å². The number of nitrogens with one attached hydrogen (secondary N) is 1. The first kappa shape index (κ1) is 16.1. The van der Waals surface area contributed by atoms with Crippen molar-refractivity contribution in [3.8, 4) is 11.9 Å². The Kier molecular flexibility index (Phi) is 3.84. The minimum atomic E-state index is -0.266. The number of nitriles is 1. The number of benzene rings is 1. The molecule has 0 aliphatic carbocycles. The van der Waals surface area contributed by atoms with Gasteiger partial charge in [0, 0.05) is 11.1 Å². The number of hydrogen-bond acceptors (Lipinski definition) is 4. The molecular weight excluding hydrogens is 300 g/mol. The Hall–Kier alpha value is -2.74. The highest BCUT2D eigenvalue weighted by Gasteiger charge is 2.37. The lowest BCUT2D eigenvalue weighted by atomic mass is 9.78. The van der Waals surface area contributed by atoms with E-state index in [1.165, 1.54) is 5.56 Å². The molecule has 0 fully saturated rings. The van der Waals surface area contributed by atoms with E-state index >= 15 is 0 Å². The van der Waals surface area contributed by atoms with Gasteiger partial charge in [0.25, 0.3) is 0 Å². The van der Waals surface area contributed by atoms with Gasteiger partial charge in [-0.1, -0.05) is 52.0 Å². The lowest BCUT2D eigenvalue weighted by Crippen LogP contribution is -2.23. The van der Waals surface area contributed by atoms with Gasteiger partial charge in [-0.2, -0.15) is 5.26 Å². The van der Waals surface area contributed by atoms with Crippen LogP contribution >= 0.6 is 0 Å². The molecule has 0 radical (unpaired) electrons. The van der Waals surface area contributed by atoms with E-state index < -0.39 is 0 Å². The van der Waals surface area contributed by atoms with Crippen LogP contribution in [0.2, 0.25) is 0 Å². The van der Waals surface area contributed by atoms with Crippen molar-refractivity contribution in [1.29, 1.82) is 5.26 Å². The first-order valence-electron chi connectivity index (χ1n) is 8.12. The first-order chi connectivity index (χ1) is 11.4. The van der Waals surface area contributed by atoms with Crippen molar-refractivity contribution < 1.29 is 4.74 Å². The summed E-state index contributed by atoms with van der Waals surface area (Å²) >= 11 is 0. The molecule has 0 saturated carbocycles. The summed E-state index contributed by atoms with van der Waals surface area (Å²) in [6.07, 6.45) is 0.974. The number of allylic oxidation sites excluding steroid dienone is 1. The zero-order valence-corrected chi connectivity index (χ0v) is 14.5. The zero-order chi connectivity index (χ0) is 17.5. The maximum Gasteiger partial charge on any atom is 0.244 e. The van der Waals surface area contributed by atoms with Crippen LogP contribution in [0.5, 0.6) is 5.88 Å². The molecule has 1 aromatic heterocycles. The highest BCUT2D eigenvalue weighted by Crippen LogP contribution is 2.45. The molecule has 24 heavy (non-hydrogen) atoms. The Morgan fingerprint density at radius 2 is 1.96 bits per heavy atom. The number of fused-ring (bicyclic) bond motifs is 1. The lowest BCUT2D eigenvalue weighted by molar-refractivity contribution is 0.378. The second-order valence-electron chi connectivity index (χ2n) is 7.09. The van der Waals surface area contributed by atoms with Crippen molar-refractivity contribution in [2.45, 2.75) is 45.4 Å². The van der Waals surface area contributed by atoms with Crippen LogP contribution in [0.3, 0.4) is 0 Å². The van der Waals surface area contributed by atoms with Gasteiger partial charge < -0.3 is 10.5 Å². The summed E-state index contributed by atoms with van der Waals surface area (Å²) < 4.78 is 5.60. The molecule has 124 valence electrons. The van der Waals surface area contributed by atoms with Crippen molar-refractivity contribution in [3.63, 3.8) is 0 Å². The van der Waals surface area contributed by atoms with Crippen LogP contribution in [0.1, 0.15) is 56.0 Å². The third-order valence-electron chi connectivity index (χ3n) is 4.41. The van der Waals surface area contributed by atoms with E-state index in [1.807, 2.05) is 0 Å². The molecule has 1 aliphatic heterocycles. The second kappa shape index (κ2) is 5.72. The molecule has 0 spiro atoms. The van der Waals surface area contributed by atoms with E-state index in [-0.39, 0.29) is 17.2 Å². The maximum atomic E-state index is 9.65. The monoisotopic (exact) mass is 322 g/mol. The van der Waals surface area contributed by atoms with Crippen LogP contribution in [0.4, 0.5) is 0 Å². The number of rotatable bonds is 2. The molecular formula is C19H22N4O. The first-order valence-corrected chi connectivity index (χ1v) is 8.12. The predicted octanol–water partition coefficient (Wildman–Crippen LogP) is 3.49. The van der Waals surface area contributed by atoms with E-state index in [0.29, 0.717) is 11.5 Å². The summed E-state index contributed by atoms with van der Waals surface area (Å²) in [6, 6.07) is 10.5. The van der Waals surface area contributed by atoms with Crippen molar-refractivity contribution in [1.82, 2.24) is 10.2 Å². The lowest BCUT2D eigenvalue weighted by Gasteiger charge is -2.27. The summed E-state index contributed by atoms with van der Waals surface area (Å²) in [5.41, 5.74) is 10.4. The Balaban J connectivity index is 2.22. The van der Waals surface area contributed by atoms with Crippen LogP contribution < -0.4 is 10.5 Å². The summed E-state index contributed by atoms with van der Waals surface area (Å²) in [5.74, 6) is 0.320. The molecule has 2 heterocycles. The van der Waals surface area contributed by atoms with Crippen molar-refractivity contribution in [3.05, 3.63) is 58.1 Å². The van der Waals surface area contributed by atoms with Gasteiger partial charge in [-0.25, -0.2) is 0 Å². The highest BCUT2D eigenvalue weighted by atomic mass is 16.5.